The second kappa shape index (κ2) is 8.50. The number of carbonyl (C=O) groups excluding carboxylic acids is 2. The van der Waals surface area contributed by atoms with Crippen LogP contribution in [0.5, 0.6) is 0 Å². The van der Waals surface area contributed by atoms with Gasteiger partial charge in [-0.3, -0.25) is 0 Å². The Labute approximate surface area is 192 Å². The Hall–Kier alpha value is -3.42. The minimum atomic E-state index is -0.577. The zero-order chi connectivity index (χ0) is 23.9. The molecule has 0 N–H and O–H groups in total. The van der Waals surface area contributed by atoms with Gasteiger partial charge in [-0.25, -0.2) is 19.0 Å². The van der Waals surface area contributed by atoms with Crippen molar-refractivity contribution in [3.8, 4) is 11.1 Å². The number of hydrogen-bond acceptors (Lipinski definition) is 5. The number of ether oxygens (including phenoxy) is 2. The Balaban J connectivity index is 1.72. The smallest absolute Gasteiger partial charge is 0.410 e. The lowest BCUT2D eigenvalue weighted by molar-refractivity contribution is 0.00814. The number of amides is 1. The van der Waals surface area contributed by atoms with E-state index in [1.807, 2.05) is 44.4 Å². The molecule has 1 aliphatic rings. The van der Waals surface area contributed by atoms with Gasteiger partial charge in [-0.15, -0.1) is 0 Å². The van der Waals surface area contributed by atoms with Crippen molar-refractivity contribution in [3.63, 3.8) is 0 Å². The van der Waals surface area contributed by atoms with Gasteiger partial charge in [-0.05, 0) is 63.9 Å². The molecule has 4 rings (SSSR count). The first-order valence-corrected chi connectivity index (χ1v) is 11.0. The van der Waals surface area contributed by atoms with Crippen LogP contribution in [0.4, 0.5) is 9.18 Å². The Bertz CT molecular complexity index is 1220. The predicted molar refractivity (Wildman–Crippen MR) is 122 cm³/mol. The third-order valence-corrected chi connectivity index (χ3v) is 5.62. The number of aryl methyl sites for hydroxylation is 1. The molecular weight excluding hydrogens is 425 g/mol. The van der Waals surface area contributed by atoms with E-state index in [1.54, 1.807) is 24.1 Å². The maximum Gasteiger partial charge on any atom is 0.410 e. The molecule has 0 saturated carbocycles. The molecule has 3 heterocycles. The molecule has 0 aliphatic carbocycles. The molecule has 0 unspecified atom stereocenters. The number of halogens is 1. The number of imidazole rings is 1. The van der Waals surface area contributed by atoms with Gasteiger partial charge >= 0.3 is 12.1 Å². The number of hydrogen-bond donors (Lipinski definition) is 0. The first-order chi connectivity index (χ1) is 15.6. The maximum atomic E-state index is 14.0. The van der Waals surface area contributed by atoms with Crippen molar-refractivity contribution < 1.29 is 23.5 Å². The third kappa shape index (κ3) is 4.55. The van der Waals surface area contributed by atoms with E-state index in [9.17, 15) is 14.0 Å². The molecular formula is C25H28FN3O4. The number of aromatic nitrogens is 2. The Kier molecular flexibility index (Phi) is 5.86. The second-order valence-corrected chi connectivity index (χ2v) is 9.24. The lowest BCUT2D eigenvalue weighted by Gasteiger charge is -2.40. The fraction of sp³-hybridized carbons (Fsp3) is 0.400. The van der Waals surface area contributed by atoms with Crippen LogP contribution in [0.2, 0.25) is 0 Å². The summed E-state index contributed by atoms with van der Waals surface area (Å²) < 4.78 is 26.6. The number of nitrogens with zero attached hydrogens (tertiary/aromatic N) is 3. The standard InChI is InChI=1S/C25H28FN3O4/c1-6-32-23(30)21-10-18(26)7-8-19(21)20-9-16(14-29-15(2)27-11-22(20)29)17-12-28(13-17)24(31)33-25(3,4)5/h7-11,14,17H,6,12-13H2,1-5H3. The van der Waals surface area contributed by atoms with Gasteiger partial charge in [0.15, 0.2) is 0 Å². The van der Waals surface area contributed by atoms with Crippen molar-refractivity contribution in [2.45, 2.75) is 46.1 Å². The summed E-state index contributed by atoms with van der Waals surface area (Å²) in [6, 6.07) is 6.12. The molecule has 3 aromatic rings. The van der Waals surface area contributed by atoms with Gasteiger partial charge in [0.25, 0.3) is 0 Å². The topological polar surface area (TPSA) is 73.1 Å². The van der Waals surface area contributed by atoms with Crippen molar-refractivity contribution >= 4 is 17.6 Å². The highest BCUT2D eigenvalue weighted by Crippen LogP contribution is 2.35. The quantitative estimate of drug-likeness (QED) is 0.522. The van der Waals surface area contributed by atoms with E-state index in [0.717, 1.165) is 22.5 Å². The van der Waals surface area contributed by atoms with E-state index < -0.39 is 17.4 Å². The van der Waals surface area contributed by atoms with Gasteiger partial charge in [0.2, 0.25) is 0 Å². The van der Waals surface area contributed by atoms with E-state index in [-0.39, 0.29) is 24.2 Å². The van der Waals surface area contributed by atoms with Crippen LogP contribution in [0.1, 0.15) is 55.4 Å². The van der Waals surface area contributed by atoms with E-state index in [4.69, 9.17) is 9.47 Å². The SMILES string of the molecule is CCOC(=O)c1cc(F)ccc1-c1cc(C2CN(C(=O)OC(C)(C)C)C2)cn2c(C)ncc12. The minimum absolute atomic E-state index is 0.106. The number of fused-ring (bicyclic) bond motifs is 1. The maximum absolute atomic E-state index is 14.0. The zero-order valence-electron chi connectivity index (χ0n) is 19.5. The molecule has 33 heavy (non-hydrogen) atoms. The van der Waals surface area contributed by atoms with Crippen LogP contribution in [0.15, 0.2) is 36.7 Å². The second-order valence-electron chi connectivity index (χ2n) is 9.24. The van der Waals surface area contributed by atoms with Crippen LogP contribution >= 0.6 is 0 Å². The summed E-state index contributed by atoms with van der Waals surface area (Å²) in [6.07, 6.45) is 3.41. The predicted octanol–water partition coefficient (Wildman–Crippen LogP) is 4.96. The largest absolute Gasteiger partial charge is 0.462 e. The van der Waals surface area contributed by atoms with Crippen molar-refractivity contribution in [1.29, 1.82) is 0 Å². The van der Waals surface area contributed by atoms with Crippen LogP contribution in [-0.4, -0.2) is 51.6 Å². The summed E-state index contributed by atoms with van der Waals surface area (Å²) in [7, 11) is 0. The summed E-state index contributed by atoms with van der Waals surface area (Å²) in [6.45, 7) is 10.4. The van der Waals surface area contributed by atoms with Crippen molar-refractivity contribution in [2.24, 2.45) is 0 Å². The lowest BCUT2D eigenvalue weighted by atomic mass is 9.90. The molecule has 174 valence electrons. The fourth-order valence-corrected chi connectivity index (χ4v) is 3.98. The zero-order valence-corrected chi connectivity index (χ0v) is 19.5. The molecule has 7 nitrogen and oxygen atoms in total. The van der Waals surface area contributed by atoms with Gasteiger partial charge in [0.1, 0.15) is 17.2 Å². The summed E-state index contributed by atoms with van der Waals surface area (Å²) in [4.78, 5) is 31.0. The summed E-state index contributed by atoms with van der Waals surface area (Å²) in [5.41, 5.74) is 2.75. The van der Waals surface area contributed by atoms with Gasteiger partial charge in [0, 0.05) is 30.8 Å². The average molecular weight is 454 g/mol. The first kappa shape index (κ1) is 22.8. The Morgan fingerprint density at radius 2 is 1.91 bits per heavy atom. The number of benzene rings is 1. The average Bonchev–Trinajstić information content (AvgIpc) is 3.06. The van der Waals surface area contributed by atoms with Crippen LogP contribution in [0.3, 0.4) is 0 Å². The van der Waals surface area contributed by atoms with Crippen molar-refractivity contribution in [3.05, 3.63) is 59.4 Å². The third-order valence-electron chi connectivity index (χ3n) is 5.62. The molecule has 0 radical (unpaired) electrons. The highest BCUT2D eigenvalue weighted by molar-refractivity contribution is 6.00. The van der Waals surface area contributed by atoms with Gasteiger partial charge in [0.05, 0.1) is 23.9 Å². The number of likely N-dealkylation sites (tertiary alicyclic amines) is 1. The number of esters is 1. The molecule has 1 aliphatic heterocycles. The molecule has 0 atom stereocenters. The first-order valence-electron chi connectivity index (χ1n) is 11.0. The van der Waals surface area contributed by atoms with Crippen LogP contribution in [0.25, 0.3) is 16.6 Å². The summed E-state index contributed by atoms with van der Waals surface area (Å²) in [5.74, 6) is -0.192. The van der Waals surface area contributed by atoms with Crippen LogP contribution in [-0.2, 0) is 9.47 Å². The minimum Gasteiger partial charge on any atom is -0.462 e. The summed E-state index contributed by atoms with van der Waals surface area (Å²) in [5, 5.41) is 0. The number of carbonyl (C=O) groups is 2. The molecule has 1 fully saturated rings. The Morgan fingerprint density at radius 3 is 2.58 bits per heavy atom. The normalized spacial score (nSPS) is 14.3. The Morgan fingerprint density at radius 1 is 1.18 bits per heavy atom. The van der Waals surface area contributed by atoms with Crippen molar-refractivity contribution in [2.75, 3.05) is 19.7 Å². The van der Waals surface area contributed by atoms with E-state index >= 15 is 0 Å². The van der Waals surface area contributed by atoms with Crippen LogP contribution < -0.4 is 0 Å². The van der Waals surface area contributed by atoms with Crippen LogP contribution in [0, 0.1) is 12.7 Å². The lowest BCUT2D eigenvalue weighted by Crippen LogP contribution is -2.50. The monoisotopic (exact) mass is 453 g/mol. The molecule has 0 bridgehead atoms. The molecule has 1 amide bonds. The van der Waals surface area contributed by atoms with E-state index in [1.165, 1.54) is 12.1 Å². The van der Waals surface area contributed by atoms with Gasteiger partial charge in [-0.1, -0.05) is 6.07 Å². The molecule has 2 aromatic heterocycles. The van der Waals surface area contributed by atoms with E-state index in [2.05, 4.69) is 4.98 Å². The highest BCUT2D eigenvalue weighted by Gasteiger charge is 2.35. The van der Waals surface area contributed by atoms with Gasteiger partial charge < -0.3 is 18.8 Å². The molecule has 1 aromatic carbocycles. The number of rotatable bonds is 4. The van der Waals surface area contributed by atoms with Gasteiger partial charge in [-0.2, -0.15) is 0 Å². The highest BCUT2D eigenvalue weighted by atomic mass is 19.1. The number of pyridine rings is 1. The molecule has 8 heteroatoms. The fourth-order valence-electron chi connectivity index (χ4n) is 3.98. The molecule has 0 spiro atoms. The van der Waals surface area contributed by atoms with Crippen molar-refractivity contribution in [1.82, 2.24) is 14.3 Å². The molecule has 1 saturated heterocycles. The summed E-state index contributed by atoms with van der Waals surface area (Å²) >= 11 is 0. The van der Waals surface area contributed by atoms with E-state index in [0.29, 0.717) is 18.7 Å².